The lowest BCUT2D eigenvalue weighted by Gasteiger charge is -2.13. The zero-order valence-corrected chi connectivity index (χ0v) is 10.6. The number of benzene rings is 1. The third kappa shape index (κ3) is 4.70. The van der Waals surface area contributed by atoms with Gasteiger partial charge < -0.3 is 4.74 Å². The Bertz CT molecular complexity index is 487. The van der Waals surface area contributed by atoms with Crippen LogP contribution in [0.3, 0.4) is 0 Å². The molecule has 0 saturated heterocycles. The van der Waals surface area contributed by atoms with Gasteiger partial charge in [0, 0.05) is 5.92 Å². The number of rotatable bonds is 5. The molecule has 0 heterocycles. The molecule has 1 aromatic carbocycles. The third-order valence-electron chi connectivity index (χ3n) is 2.20. The fourth-order valence-electron chi connectivity index (χ4n) is 1.41. The van der Waals surface area contributed by atoms with E-state index in [1.54, 1.807) is 26.0 Å². The number of sulfonamides is 1. The van der Waals surface area contributed by atoms with Crippen molar-refractivity contribution >= 4 is 10.0 Å². The van der Waals surface area contributed by atoms with Crippen LogP contribution in [0.1, 0.15) is 12.5 Å². The number of nitrogens with two attached hydrogens (primary N) is 1. The molecule has 2 N–H and O–H groups in total. The van der Waals surface area contributed by atoms with E-state index < -0.39 is 15.8 Å². The van der Waals surface area contributed by atoms with Gasteiger partial charge in [0.2, 0.25) is 10.0 Å². The van der Waals surface area contributed by atoms with Crippen molar-refractivity contribution in [2.75, 3.05) is 12.4 Å². The Labute approximate surface area is 101 Å². The molecule has 0 amide bonds. The normalized spacial score (nSPS) is 13.4. The average molecular weight is 261 g/mol. The van der Waals surface area contributed by atoms with Crippen LogP contribution in [0.2, 0.25) is 0 Å². The summed E-state index contributed by atoms with van der Waals surface area (Å²) in [6, 6.07) is 4.82. The Balaban J connectivity index is 2.59. The number of ether oxygens (including phenoxy) is 1. The molecule has 0 aliphatic rings. The van der Waals surface area contributed by atoms with Gasteiger partial charge in [-0.25, -0.2) is 17.9 Å². The van der Waals surface area contributed by atoms with Crippen LogP contribution in [0.5, 0.6) is 5.75 Å². The standard InChI is InChI=1S/C11H16FNO3S/c1-8(7-17(13,14)15)6-16-10-5-3-4-9(2)11(10)12/h3-5,8H,6-7H2,1-2H3,(H2,13,14,15). The first kappa shape index (κ1) is 13.9. The highest BCUT2D eigenvalue weighted by atomic mass is 32.2. The third-order valence-corrected chi connectivity index (χ3v) is 3.23. The van der Waals surface area contributed by atoms with Gasteiger partial charge in [-0.15, -0.1) is 0 Å². The van der Waals surface area contributed by atoms with E-state index in [9.17, 15) is 12.8 Å². The first-order valence-corrected chi connectivity index (χ1v) is 6.89. The zero-order chi connectivity index (χ0) is 13.1. The van der Waals surface area contributed by atoms with Crippen LogP contribution in [-0.2, 0) is 10.0 Å². The molecule has 0 radical (unpaired) electrons. The van der Waals surface area contributed by atoms with Crippen molar-refractivity contribution in [3.05, 3.63) is 29.6 Å². The summed E-state index contributed by atoms with van der Waals surface area (Å²) in [5.74, 6) is -0.757. The van der Waals surface area contributed by atoms with Gasteiger partial charge in [0.15, 0.2) is 11.6 Å². The topological polar surface area (TPSA) is 69.4 Å². The van der Waals surface area contributed by atoms with Crippen LogP contribution < -0.4 is 9.88 Å². The van der Waals surface area contributed by atoms with Gasteiger partial charge in [-0.1, -0.05) is 19.1 Å². The Morgan fingerprint density at radius 3 is 2.71 bits per heavy atom. The first-order chi connectivity index (χ1) is 7.79. The molecular weight excluding hydrogens is 245 g/mol. The van der Waals surface area contributed by atoms with E-state index in [2.05, 4.69) is 0 Å². The van der Waals surface area contributed by atoms with Gasteiger partial charge >= 0.3 is 0 Å². The summed E-state index contributed by atoms with van der Waals surface area (Å²) in [6.07, 6.45) is 0. The molecule has 96 valence electrons. The minimum Gasteiger partial charge on any atom is -0.490 e. The minimum absolute atomic E-state index is 0.108. The number of hydrogen-bond donors (Lipinski definition) is 1. The summed E-state index contributed by atoms with van der Waals surface area (Å²) in [5.41, 5.74) is 0.488. The smallest absolute Gasteiger partial charge is 0.209 e. The summed E-state index contributed by atoms with van der Waals surface area (Å²) >= 11 is 0. The molecule has 0 fully saturated rings. The van der Waals surface area contributed by atoms with Crippen LogP contribution in [0.25, 0.3) is 0 Å². The van der Waals surface area contributed by atoms with Crippen LogP contribution in [0.15, 0.2) is 18.2 Å². The summed E-state index contributed by atoms with van der Waals surface area (Å²) in [5, 5.41) is 4.90. The highest BCUT2D eigenvalue weighted by Gasteiger charge is 2.13. The van der Waals surface area contributed by atoms with Crippen LogP contribution in [0.4, 0.5) is 4.39 Å². The van der Waals surface area contributed by atoms with Crippen molar-refractivity contribution in [3.8, 4) is 5.75 Å². The lowest BCUT2D eigenvalue weighted by molar-refractivity contribution is 0.259. The molecule has 0 bridgehead atoms. The van der Waals surface area contributed by atoms with Gasteiger partial charge in [0.1, 0.15) is 0 Å². The average Bonchev–Trinajstić information content (AvgIpc) is 2.18. The molecule has 0 aliphatic carbocycles. The summed E-state index contributed by atoms with van der Waals surface area (Å²) < 4.78 is 40.4. The molecule has 0 spiro atoms. The molecule has 17 heavy (non-hydrogen) atoms. The Hall–Kier alpha value is -1.14. The van der Waals surface area contributed by atoms with Crippen molar-refractivity contribution in [2.24, 2.45) is 11.1 Å². The van der Waals surface area contributed by atoms with Gasteiger partial charge in [0.05, 0.1) is 12.4 Å². The Morgan fingerprint density at radius 1 is 1.47 bits per heavy atom. The second kappa shape index (κ2) is 5.46. The maximum absolute atomic E-state index is 13.5. The summed E-state index contributed by atoms with van der Waals surface area (Å²) in [7, 11) is -3.52. The predicted molar refractivity (Wildman–Crippen MR) is 63.8 cm³/mol. The SMILES string of the molecule is Cc1cccc(OCC(C)CS(N)(=O)=O)c1F. The molecule has 1 atom stereocenters. The molecule has 1 aromatic rings. The van der Waals surface area contributed by atoms with Crippen molar-refractivity contribution in [3.63, 3.8) is 0 Å². The molecule has 1 rings (SSSR count). The van der Waals surface area contributed by atoms with Crippen LogP contribution in [-0.4, -0.2) is 20.8 Å². The van der Waals surface area contributed by atoms with Crippen molar-refractivity contribution in [2.45, 2.75) is 13.8 Å². The lowest BCUT2D eigenvalue weighted by atomic mass is 10.2. The van der Waals surface area contributed by atoms with E-state index in [4.69, 9.17) is 9.88 Å². The van der Waals surface area contributed by atoms with Crippen molar-refractivity contribution < 1.29 is 17.5 Å². The molecular formula is C11H16FNO3S. The van der Waals surface area contributed by atoms with Gasteiger partial charge in [-0.05, 0) is 18.6 Å². The molecule has 0 saturated carbocycles. The molecule has 4 nitrogen and oxygen atoms in total. The van der Waals surface area contributed by atoms with E-state index in [0.717, 1.165) is 0 Å². The predicted octanol–water partition coefficient (Wildman–Crippen LogP) is 1.44. The maximum Gasteiger partial charge on any atom is 0.209 e. The fourth-order valence-corrected chi connectivity index (χ4v) is 2.30. The summed E-state index contributed by atoms with van der Waals surface area (Å²) in [4.78, 5) is 0. The van der Waals surface area contributed by atoms with Gasteiger partial charge in [0.25, 0.3) is 0 Å². The van der Waals surface area contributed by atoms with Gasteiger partial charge in [-0.2, -0.15) is 0 Å². The number of halogens is 1. The van der Waals surface area contributed by atoms with E-state index >= 15 is 0 Å². The van der Waals surface area contributed by atoms with Crippen LogP contribution >= 0.6 is 0 Å². The van der Waals surface area contributed by atoms with Crippen LogP contribution in [0, 0.1) is 18.7 Å². The second-order valence-electron chi connectivity index (χ2n) is 4.13. The van der Waals surface area contributed by atoms with Gasteiger partial charge in [-0.3, -0.25) is 0 Å². The second-order valence-corrected chi connectivity index (χ2v) is 5.79. The Kier molecular flexibility index (Phi) is 4.47. The molecule has 0 aromatic heterocycles. The lowest BCUT2D eigenvalue weighted by Crippen LogP contribution is -2.25. The Morgan fingerprint density at radius 2 is 2.12 bits per heavy atom. The number of primary sulfonamides is 1. The molecule has 0 aliphatic heterocycles. The molecule has 1 unspecified atom stereocenters. The van der Waals surface area contributed by atoms with E-state index in [0.29, 0.717) is 5.56 Å². The van der Waals surface area contributed by atoms with E-state index in [-0.39, 0.29) is 24.0 Å². The van der Waals surface area contributed by atoms with Crippen molar-refractivity contribution in [1.82, 2.24) is 0 Å². The first-order valence-electron chi connectivity index (χ1n) is 5.18. The number of aryl methyl sites for hydroxylation is 1. The monoisotopic (exact) mass is 261 g/mol. The fraction of sp³-hybridized carbons (Fsp3) is 0.455. The molecule has 6 heteroatoms. The highest BCUT2D eigenvalue weighted by Crippen LogP contribution is 2.20. The van der Waals surface area contributed by atoms with Crippen molar-refractivity contribution in [1.29, 1.82) is 0 Å². The highest BCUT2D eigenvalue weighted by molar-refractivity contribution is 7.89. The minimum atomic E-state index is -3.52. The van der Waals surface area contributed by atoms with E-state index in [1.807, 2.05) is 0 Å². The largest absolute Gasteiger partial charge is 0.490 e. The quantitative estimate of drug-likeness (QED) is 0.872. The zero-order valence-electron chi connectivity index (χ0n) is 9.81. The summed E-state index contributed by atoms with van der Waals surface area (Å²) in [6.45, 7) is 3.42. The number of hydrogen-bond acceptors (Lipinski definition) is 3. The van der Waals surface area contributed by atoms with E-state index in [1.165, 1.54) is 6.07 Å². The maximum atomic E-state index is 13.5.